The van der Waals surface area contributed by atoms with Crippen molar-refractivity contribution in [3.8, 4) is 0 Å². The zero-order valence-corrected chi connectivity index (χ0v) is 19.7. The van der Waals surface area contributed by atoms with E-state index in [9.17, 15) is 4.79 Å². The highest BCUT2D eigenvalue weighted by atomic mass is 35.5. The molecule has 3 aromatic rings. The lowest BCUT2D eigenvalue weighted by Crippen LogP contribution is -2.37. The summed E-state index contributed by atoms with van der Waals surface area (Å²) in [5, 5.41) is 9.86. The van der Waals surface area contributed by atoms with Gasteiger partial charge in [-0.25, -0.2) is 14.6 Å². The Kier molecular flexibility index (Phi) is 7.83. The van der Waals surface area contributed by atoms with E-state index in [4.69, 9.17) is 26.3 Å². The molecule has 8 nitrogen and oxygen atoms in total. The van der Waals surface area contributed by atoms with Crippen LogP contribution in [0.3, 0.4) is 0 Å². The molecular formula is C22H27ClN6O2S. The summed E-state index contributed by atoms with van der Waals surface area (Å²) in [6, 6.07) is 7.31. The van der Waals surface area contributed by atoms with Crippen molar-refractivity contribution in [3.05, 3.63) is 41.0 Å². The van der Waals surface area contributed by atoms with Crippen molar-refractivity contribution in [2.45, 2.75) is 31.5 Å². The van der Waals surface area contributed by atoms with Gasteiger partial charge in [0.05, 0.1) is 37.8 Å². The molecule has 0 atom stereocenters. The molecule has 0 aliphatic carbocycles. The van der Waals surface area contributed by atoms with E-state index in [0.717, 1.165) is 52.8 Å². The van der Waals surface area contributed by atoms with E-state index in [1.807, 2.05) is 23.0 Å². The quantitative estimate of drug-likeness (QED) is 0.376. The Balaban J connectivity index is 1.46. The van der Waals surface area contributed by atoms with Crippen LogP contribution in [0.15, 0.2) is 35.6 Å². The molecule has 1 saturated heterocycles. The summed E-state index contributed by atoms with van der Waals surface area (Å²) in [7, 11) is 0. The summed E-state index contributed by atoms with van der Waals surface area (Å²) in [4.78, 5) is 24.1. The zero-order chi connectivity index (χ0) is 22.3. The highest BCUT2D eigenvalue weighted by Crippen LogP contribution is 2.28. The fraction of sp³-hybridized carbons (Fsp3) is 0.455. The van der Waals surface area contributed by atoms with Gasteiger partial charge < -0.3 is 15.0 Å². The second-order valence-corrected chi connectivity index (χ2v) is 9.03. The van der Waals surface area contributed by atoms with Crippen molar-refractivity contribution >= 4 is 46.1 Å². The van der Waals surface area contributed by atoms with Gasteiger partial charge in [0.15, 0.2) is 10.8 Å². The van der Waals surface area contributed by atoms with Crippen LogP contribution in [0, 0.1) is 0 Å². The van der Waals surface area contributed by atoms with E-state index in [-0.39, 0.29) is 5.91 Å². The molecule has 1 N–H and O–H groups in total. The van der Waals surface area contributed by atoms with Crippen LogP contribution in [0.25, 0.3) is 11.0 Å². The number of hydrogen-bond donors (Lipinski definition) is 1. The number of morpholine rings is 1. The molecule has 10 heteroatoms. The van der Waals surface area contributed by atoms with Gasteiger partial charge in [0, 0.05) is 30.4 Å². The number of nitrogens with one attached hydrogen (secondary N) is 1. The van der Waals surface area contributed by atoms with Crippen molar-refractivity contribution in [1.29, 1.82) is 0 Å². The van der Waals surface area contributed by atoms with Crippen LogP contribution in [0.2, 0.25) is 5.02 Å². The minimum atomic E-state index is -0.0355. The molecule has 1 aliphatic heterocycles. The van der Waals surface area contributed by atoms with Gasteiger partial charge in [-0.2, -0.15) is 5.10 Å². The van der Waals surface area contributed by atoms with E-state index in [0.29, 0.717) is 37.7 Å². The Bertz CT molecular complexity index is 1050. The van der Waals surface area contributed by atoms with Crippen LogP contribution in [-0.2, 0) is 22.5 Å². The van der Waals surface area contributed by atoms with Crippen molar-refractivity contribution < 1.29 is 9.53 Å². The smallest absolute Gasteiger partial charge is 0.224 e. The number of anilines is 1. The van der Waals surface area contributed by atoms with E-state index < -0.39 is 0 Å². The summed E-state index contributed by atoms with van der Waals surface area (Å²) in [5.74, 6) is 1.84. The number of amides is 1. The average molecular weight is 475 g/mol. The van der Waals surface area contributed by atoms with Crippen LogP contribution < -0.4 is 10.2 Å². The second kappa shape index (κ2) is 11.0. The molecule has 0 radical (unpaired) electrons. The number of carbonyl (C=O) groups excluding carboxylic acids is 1. The third-order valence-electron chi connectivity index (χ3n) is 5.13. The fourth-order valence-corrected chi connectivity index (χ4v) is 4.32. The SMILES string of the molecule is CCCSc1nc(N2CCOCC2)c2cnn(CCNC(=O)Cc3ccc(Cl)cc3)c2n1. The van der Waals surface area contributed by atoms with Gasteiger partial charge in [0.25, 0.3) is 0 Å². The van der Waals surface area contributed by atoms with Gasteiger partial charge in [0.1, 0.15) is 5.82 Å². The molecule has 1 aliphatic rings. The third-order valence-corrected chi connectivity index (χ3v) is 6.43. The molecule has 0 spiro atoms. The first-order valence-electron chi connectivity index (χ1n) is 10.8. The van der Waals surface area contributed by atoms with Gasteiger partial charge in [-0.3, -0.25) is 4.79 Å². The monoisotopic (exact) mass is 474 g/mol. The topological polar surface area (TPSA) is 85.2 Å². The number of fused-ring (bicyclic) bond motifs is 1. The normalized spacial score (nSPS) is 14.1. The van der Waals surface area contributed by atoms with Crippen LogP contribution >= 0.6 is 23.4 Å². The highest BCUT2D eigenvalue weighted by Gasteiger charge is 2.20. The maximum absolute atomic E-state index is 12.3. The Morgan fingerprint density at radius 3 is 2.75 bits per heavy atom. The number of hydrogen-bond acceptors (Lipinski definition) is 7. The summed E-state index contributed by atoms with van der Waals surface area (Å²) >= 11 is 7.56. The van der Waals surface area contributed by atoms with Crippen molar-refractivity contribution in [2.75, 3.05) is 43.5 Å². The van der Waals surface area contributed by atoms with Crippen LogP contribution in [-0.4, -0.2) is 64.3 Å². The van der Waals surface area contributed by atoms with Gasteiger partial charge in [-0.1, -0.05) is 42.4 Å². The third kappa shape index (κ3) is 5.70. The predicted molar refractivity (Wildman–Crippen MR) is 128 cm³/mol. The minimum absolute atomic E-state index is 0.0355. The van der Waals surface area contributed by atoms with E-state index in [1.54, 1.807) is 23.9 Å². The Morgan fingerprint density at radius 1 is 1.22 bits per heavy atom. The fourth-order valence-electron chi connectivity index (χ4n) is 3.51. The number of nitrogens with zero attached hydrogens (tertiary/aromatic N) is 5. The number of aromatic nitrogens is 4. The van der Waals surface area contributed by atoms with Crippen molar-refractivity contribution in [1.82, 2.24) is 25.1 Å². The molecule has 4 rings (SSSR count). The standard InChI is InChI=1S/C22H27ClN6O2S/c1-2-13-32-22-26-20(28-9-11-31-12-10-28)18-15-25-29(21(18)27-22)8-7-24-19(30)14-16-3-5-17(23)6-4-16/h3-6,15H,2,7-14H2,1H3,(H,24,30). The minimum Gasteiger partial charge on any atom is -0.378 e. The van der Waals surface area contributed by atoms with Gasteiger partial charge >= 0.3 is 0 Å². The van der Waals surface area contributed by atoms with E-state index >= 15 is 0 Å². The first-order valence-corrected chi connectivity index (χ1v) is 12.2. The van der Waals surface area contributed by atoms with Gasteiger partial charge in [0.2, 0.25) is 5.91 Å². The molecule has 1 fully saturated rings. The molecule has 170 valence electrons. The van der Waals surface area contributed by atoms with E-state index in [1.165, 1.54) is 0 Å². The Labute approximate surface area is 196 Å². The molecule has 0 saturated carbocycles. The second-order valence-electron chi connectivity index (χ2n) is 7.54. The lowest BCUT2D eigenvalue weighted by molar-refractivity contribution is -0.120. The number of benzene rings is 1. The molecule has 0 bridgehead atoms. The highest BCUT2D eigenvalue weighted by molar-refractivity contribution is 7.99. The Morgan fingerprint density at radius 2 is 2.00 bits per heavy atom. The van der Waals surface area contributed by atoms with Crippen LogP contribution in [0.1, 0.15) is 18.9 Å². The average Bonchev–Trinajstić information content (AvgIpc) is 3.22. The van der Waals surface area contributed by atoms with Gasteiger partial charge in [-0.05, 0) is 24.1 Å². The number of ether oxygens (including phenoxy) is 1. The first kappa shape index (κ1) is 22.8. The van der Waals surface area contributed by atoms with Crippen LogP contribution in [0.4, 0.5) is 5.82 Å². The summed E-state index contributed by atoms with van der Waals surface area (Å²) < 4.78 is 7.35. The summed E-state index contributed by atoms with van der Waals surface area (Å²) in [6.07, 6.45) is 3.19. The molecule has 3 heterocycles. The first-order chi connectivity index (χ1) is 15.6. The molecule has 2 aromatic heterocycles. The summed E-state index contributed by atoms with van der Waals surface area (Å²) in [6.45, 7) is 6.13. The van der Waals surface area contributed by atoms with E-state index in [2.05, 4.69) is 22.2 Å². The number of halogens is 1. The molecule has 32 heavy (non-hydrogen) atoms. The summed E-state index contributed by atoms with van der Waals surface area (Å²) in [5.41, 5.74) is 1.73. The lowest BCUT2D eigenvalue weighted by atomic mass is 10.1. The number of carbonyl (C=O) groups is 1. The number of thioether (sulfide) groups is 1. The maximum Gasteiger partial charge on any atom is 0.224 e. The number of rotatable bonds is 9. The van der Waals surface area contributed by atoms with Crippen LogP contribution in [0.5, 0.6) is 0 Å². The zero-order valence-electron chi connectivity index (χ0n) is 18.1. The van der Waals surface area contributed by atoms with Crippen molar-refractivity contribution in [2.24, 2.45) is 0 Å². The molecular weight excluding hydrogens is 448 g/mol. The largest absolute Gasteiger partial charge is 0.378 e. The molecule has 1 amide bonds. The molecule has 0 unspecified atom stereocenters. The Hall–Kier alpha value is -2.36. The lowest BCUT2D eigenvalue weighted by Gasteiger charge is -2.28. The van der Waals surface area contributed by atoms with Crippen molar-refractivity contribution in [3.63, 3.8) is 0 Å². The van der Waals surface area contributed by atoms with Gasteiger partial charge in [-0.15, -0.1) is 0 Å². The molecule has 1 aromatic carbocycles. The maximum atomic E-state index is 12.3. The predicted octanol–water partition coefficient (Wildman–Crippen LogP) is 3.18.